The van der Waals surface area contributed by atoms with Crippen LogP contribution in [0.25, 0.3) is 5.69 Å². The molecule has 0 aliphatic rings. The lowest BCUT2D eigenvalue weighted by Crippen LogP contribution is -2.22. The van der Waals surface area contributed by atoms with Gasteiger partial charge in [-0.05, 0) is 47.9 Å². The van der Waals surface area contributed by atoms with E-state index in [1.54, 1.807) is 11.6 Å². The quantitative estimate of drug-likeness (QED) is 0.620. The first kappa shape index (κ1) is 18.5. The predicted molar refractivity (Wildman–Crippen MR) is 102 cm³/mol. The van der Waals surface area contributed by atoms with Gasteiger partial charge in [0.05, 0.1) is 10.9 Å². The minimum atomic E-state index is -0.386. The number of tetrazole rings is 1. The van der Waals surface area contributed by atoms with Gasteiger partial charge in [0, 0.05) is 0 Å². The van der Waals surface area contributed by atoms with Crippen molar-refractivity contribution in [3.05, 3.63) is 34.8 Å². The molecule has 0 bridgehead atoms. The van der Waals surface area contributed by atoms with Crippen molar-refractivity contribution < 1.29 is 4.79 Å². The van der Waals surface area contributed by atoms with Gasteiger partial charge in [0.2, 0.25) is 16.2 Å². The Morgan fingerprint density at radius 1 is 1.19 bits per heavy atom. The van der Waals surface area contributed by atoms with Crippen LogP contribution in [0.4, 0.5) is 5.13 Å². The third kappa shape index (κ3) is 4.25. The highest BCUT2D eigenvalue weighted by atomic mass is 32.2. The van der Waals surface area contributed by atoms with Crippen molar-refractivity contribution in [2.75, 3.05) is 5.32 Å². The summed E-state index contributed by atoms with van der Waals surface area (Å²) in [5, 5.41) is 24.2. The van der Waals surface area contributed by atoms with Crippen molar-refractivity contribution in [3.8, 4) is 5.69 Å². The van der Waals surface area contributed by atoms with Crippen molar-refractivity contribution in [2.24, 2.45) is 0 Å². The highest BCUT2D eigenvalue weighted by Crippen LogP contribution is 2.24. The lowest BCUT2D eigenvalue weighted by atomic mass is 10.1. The normalized spacial score (nSPS) is 12.1. The molecule has 0 radical (unpaired) electrons. The molecule has 0 saturated carbocycles. The molecule has 2 aromatic heterocycles. The molecule has 0 aliphatic heterocycles. The van der Waals surface area contributed by atoms with Gasteiger partial charge in [-0.3, -0.25) is 10.1 Å². The number of nitrogens with one attached hydrogen (secondary N) is 1. The van der Waals surface area contributed by atoms with E-state index < -0.39 is 0 Å². The maximum Gasteiger partial charge on any atom is 0.239 e. The summed E-state index contributed by atoms with van der Waals surface area (Å²) in [5.74, 6) is -0.162. The molecule has 0 saturated heterocycles. The molecule has 10 heteroatoms. The van der Waals surface area contributed by atoms with Gasteiger partial charge in [-0.1, -0.05) is 49.1 Å². The Labute approximate surface area is 159 Å². The lowest BCUT2D eigenvalue weighted by molar-refractivity contribution is -0.115. The number of anilines is 1. The van der Waals surface area contributed by atoms with Crippen LogP contribution in [0, 0.1) is 0 Å². The van der Waals surface area contributed by atoms with Gasteiger partial charge >= 0.3 is 0 Å². The van der Waals surface area contributed by atoms with Gasteiger partial charge in [0.1, 0.15) is 5.01 Å². The Morgan fingerprint density at radius 3 is 2.62 bits per heavy atom. The Hall–Kier alpha value is -2.33. The Bertz CT molecular complexity index is 875. The molecule has 1 atom stereocenters. The Balaban J connectivity index is 1.68. The van der Waals surface area contributed by atoms with Gasteiger partial charge in [-0.25, -0.2) is 0 Å². The largest absolute Gasteiger partial charge is 0.300 e. The van der Waals surface area contributed by atoms with Gasteiger partial charge in [-0.2, -0.15) is 4.68 Å². The molecule has 1 amide bonds. The fourth-order valence-corrected chi connectivity index (χ4v) is 3.64. The summed E-state index contributed by atoms with van der Waals surface area (Å²) in [6.07, 6.45) is 1.77. The number of hydrogen-bond donors (Lipinski definition) is 1. The zero-order valence-electron chi connectivity index (χ0n) is 14.7. The second-order valence-corrected chi connectivity index (χ2v) is 7.87. The van der Waals surface area contributed by atoms with E-state index >= 15 is 0 Å². The summed E-state index contributed by atoms with van der Waals surface area (Å²) in [5.41, 5.74) is 2.10. The molecular weight excluding hydrogens is 370 g/mol. The van der Waals surface area contributed by atoms with Crippen molar-refractivity contribution in [1.82, 2.24) is 30.4 Å². The molecule has 3 rings (SSSR count). The number of carbonyl (C=O) groups is 1. The summed E-state index contributed by atoms with van der Waals surface area (Å²) in [4.78, 5) is 12.4. The van der Waals surface area contributed by atoms with Crippen LogP contribution in [0.2, 0.25) is 0 Å². The van der Waals surface area contributed by atoms with Crippen molar-refractivity contribution >= 4 is 34.1 Å². The maximum absolute atomic E-state index is 12.4. The summed E-state index contributed by atoms with van der Waals surface area (Å²) in [7, 11) is 0. The monoisotopic (exact) mass is 389 g/mol. The highest BCUT2D eigenvalue weighted by molar-refractivity contribution is 8.00. The Kier molecular flexibility index (Phi) is 5.94. The molecule has 26 heavy (non-hydrogen) atoms. The molecule has 0 fully saturated rings. The number of nitrogens with zero attached hydrogens (tertiary/aromatic N) is 6. The average Bonchev–Trinajstić information content (AvgIpc) is 3.31. The molecule has 0 aliphatic carbocycles. The third-order valence-corrected chi connectivity index (χ3v) is 5.70. The standard InChI is InChI=1S/C16H19N7OS2/c1-4-11-6-8-12(9-7-11)23-16(20-21-22-23)25-10(3)14(24)17-15-19-18-13(5-2)26-15/h6-10H,4-5H2,1-3H3,(H,17,19,24). The number of amides is 1. The van der Waals surface area contributed by atoms with E-state index in [1.165, 1.54) is 28.7 Å². The van der Waals surface area contributed by atoms with Crippen LogP contribution in [0.3, 0.4) is 0 Å². The minimum Gasteiger partial charge on any atom is -0.300 e. The fraction of sp³-hybridized carbons (Fsp3) is 0.375. The number of carbonyl (C=O) groups excluding carboxylic acids is 1. The van der Waals surface area contributed by atoms with Gasteiger partial charge in [0.15, 0.2) is 0 Å². The summed E-state index contributed by atoms with van der Waals surface area (Å²) >= 11 is 2.67. The van der Waals surface area contributed by atoms with Crippen LogP contribution < -0.4 is 5.32 Å². The smallest absolute Gasteiger partial charge is 0.239 e. The molecule has 1 N–H and O–H groups in total. The molecule has 136 valence electrons. The number of thioether (sulfide) groups is 1. The molecule has 0 spiro atoms. The minimum absolute atomic E-state index is 0.162. The average molecular weight is 390 g/mol. The van der Waals surface area contributed by atoms with E-state index in [4.69, 9.17) is 0 Å². The van der Waals surface area contributed by atoms with E-state index in [0.717, 1.165) is 23.5 Å². The lowest BCUT2D eigenvalue weighted by Gasteiger charge is -2.10. The van der Waals surface area contributed by atoms with Gasteiger partial charge in [-0.15, -0.1) is 15.3 Å². The first-order valence-electron chi connectivity index (χ1n) is 8.28. The Morgan fingerprint density at radius 2 is 1.96 bits per heavy atom. The zero-order valence-corrected chi connectivity index (χ0v) is 16.3. The molecule has 8 nitrogen and oxygen atoms in total. The highest BCUT2D eigenvalue weighted by Gasteiger charge is 2.20. The zero-order chi connectivity index (χ0) is 18.5. The van der Waals surface area contributed by atoms with E-state index in [2.05, 4.69) is 38.0 Å². The van der Waals surface area contributed by atoms with E-state index in [-0.39, 0.29) is 11.2 Å². The molecule has 1 aromatic carbocycles. The van der Waals surface area contributed by atoms with E-state index in [1.807, 2.05) is 31.2 Å². The van der Waals surface area contributed by atoms with Crippen LogP contribution in [0.5, 0.6) is 0 Å². The number of benzene rings is 1. The second-order valence-electron chi connectivity index (χ2n) is 5.50. The van der Waals surface area contributed by atoms with E-state index in [9.17, 15) is 4.79 Å². The van der Waals surface area contributed by atoms with Crippen LogP contribution in [0.1, 0.15) is 31.3 Å². The van der Waals surface area contributed by atoms with Crippen LogP contribution in [-0.2, 0) is 17.6 Å². The fourth-order valence-electron chi connectivity index (χ4n) is 2.15. The molecule has 3 aromatic rings. The van der Waals surface area contributed by atoms with Crippen LogP contribution in [-0.4, -0.2) is 41.6 Å². The number of rotatable bonds is 7. The number of hydrogen-bond acceptors (Lipinski definition) is 8. The van der Waals surface area contributed by atoms with Crippen LogP contribution in [0.15, 0.2) is 29.4 Å². The molecule has 2 heterocycles. The van der Waals surface area contributed by atoms with Crippen molar-refractivity contribution in [3.63, 3.8) is 0 Å². The predicted octanol–water partition coefficient (Wildman–Crippen LogP) is 2.76. The molecular formula is C16H19N7OS2. The summed E-state index contributed by atoms with van der Waals surface area (Å²) in [6, 6.07) is 8.03. The number of aryl methyl sites for hydroxylation is 2. The van der Waals surface area contributed by atoms with Crippen LogP contribution >= 0.6 is 23.1 Å². The SMILES string of the molecule is CCc1ccc(-n2nnnc2SC(C)C(=O)Nc2nnc(CC)s2)cc1. The van der Waals surface area contributed by atoms with Gasteiger partial charge in [0.25, 0.3) is 0 Å². The third-order valence-electron chi connectivity index (χ3n) is 3.68. The van der Waals surface area contributed by atoms with E-state index in [0.29, 0.717) is 10.3 Å². The maximum atomic E-state index is 12.4. The topological polar surface area (TPSA) is 98.5 Å². The number of aromatic nitrogens is 6. The van der Waals surface area contributed by atoms with Gasteiger partial charge < -0.3 is 0 Å². The molecule has 1 unspecified atom stereocenters. The first-order chi connectivity index (χ1) is 12.6. The second kappa shape index (κ2) is 8.37. The summed E-state index contributed by atoms with van der Waals surface area (Å²) in [6.45, 7) is 5.91. The summed E-state index contributed by atoms with van der Waals surface area (Å²) < 4.78 is 1.63. The van der Waals surface area contributed by atoms with Crippen molar-refractivity contribution in [2.45, 2.75) is 44.0 Å². The first-order valence-corrected chi connectivity index (χ1v) is 9.98. The van der Waals surface area contributed by atoms with Crippen molar-refractivity contribution in [1.29, 1.82) is 0 Å².